The smallest absolute Gasteiger partial charge is 0.422 e. The topological polar surface area (TPSA) is 88.5 Å². The quantitative estimate of drug-likeness (QED) is 0.245. The second-order valence-corrected chi connectivity index (χ2v) is 9.36. The number of rotatable bonds is 9. The van der Waals surface area contributed by atoms with Crippen molar-refractivity contribution >= 4 is 35.1 Å². The molecule has 0 spiro atoms. The minimum absolute atomic E-state index is 0.00633. The number of nitrogens with one attached hydrogen (secondary N) is 1. The molecule has 2 aromatic carbocycles. The van der Waals surface area contributed by atoms with Crippen LogP contribution in [-0.4, -0.2) is 34.8 Å². The Labute approximate surface area is 227 Å². The summed E-state index contributed by atoms with van der Waals surface area (Å²) in [5.41, 5.74) is -2.13. The molecule has 0 aliphatic carbocycles. The lowest BCUT2D eigenvalue weighted by atomic mass is 9.78. The Morgan fingerprint density at radius 3 is 2.29 bits per heavy atom. The Morgan fingerprint density at radius 1 is 1.05 bits per heavy atom. The van der Waals surface area contributed by atoms with E-state index in [0.717, 1.165) is 29.5 Å². The van der Waals surface area contributed by atoms with Gasteiger partial charge in [-0.15, -0.1) is 0 Å². The van der Waals surface area contributed by atoms with Gasteiger partial charge in [0.2, 0.25) is 0 Å². The summed E-state index contributed by atoms with van der Waals surface area (Å²) < 4.78 is 47.3. The van der Waals surface area contributed by atoms with Gasteiger partial charge in [-0.3, -0.25) is 9.59 Å². The summed E-state index contributed by atoms with van der Waals surface area (Å²) in [5.74, 6) is -2.37. The van der Waals surface area contributed by atoms with Gasteiger partial charge in [0.05, 0.1) is 13.0 Å². The van der Waals surface area contributed by atoms with E-state index < -0.39 is 29.2 Å². The van der Waals surface area contributed by atoms with E-state index >= 15 is 0 Å². The highest BCUT2D eigenvalue weighted by atomic mass is 35.5. The van der Waals surface area contributed by atoms with Crippen LogP contribution in [0.5, 0.6) is 0 Å². The van der Waals surface area contributed by atoms with Crippen molar-refractivity contribution < 1.29 is 32.6 Å². The van der Waals surface area contributed by atoms with Gasteiger partial charge >= 0.3 is 12.1 Å². The number of esters is 1. The Kier molecular flexibility index (Phi) is 9.40. The van der Waals surface area contributed by atoms with Crippen LogP contribution in [0.25, 0.3) is 0 Å². The van der Waals surface area contributed by atoms with Crippen molar-refractivity contribution in [2.75, 3.05) is 6.61 Å². The summed E-state index contributed by atoms with van der Waals surface area (Å²) in [6.07, 6.45) is -3.85. The highest BCUT2D eigenvalue weighted by Gasteiger charge is 2.59. The summed E-state index contributed by atoms with van der Waals surface area (Å²) in [5, 5.41) is 13.3. The standard InChI is InChI=1S/C27H25Cl2F3N2O4/c1-3-38-24(35)12-17-4-6-18(7-5-17)15-34-25(36)19-8-9-21(22(28)13-19)16(2)26(37,27(30,31)32)20-10-11-33-23(29)14-20/h4-11,13-14,16,37H,3,12,15H2,1-2H3,(H,34,36). The fraction of sp³-hybridized carbons (Fsp3) is 0.296. The number of carbonyl (C=O) groups is 2. The maximum atomic E-state index is 14.1. The normalized spacial score (nSPS) is 13.9. The number of aliphatic hydroxyl groups is 1. The Hall–Kier alpha value is -3.14. The zero-order valence-electron chi connectivity index (χ0n) is 20.5. The average molecular weight is 569 g/mol. The Balaban J connectivity index is 1.74. The van der Waals surface area contributed by atoms with Crippen molar-refractivity contribution in [2.24, 2.45) is 0 Å². The van der Waals surface area contributed by atoms with Crippen molar-refractivity contribution in [1.82, 2.24) is 10.3 Å². The first-order valence-electron chi connectivity index (χ1n) is 11.6. The van der Waals surface area contributed by atoms with Crippen molar-refractivity contribution in [2.45, 2.75) is 44.5 Å². The van der Waals surface area contributed by atoms with Gasteiger partial charge in [0.1, 0.15) is 5.15 Å². The fourth-order valence-corrected chi connectivity index (χ4v) is 4.50. The van der Waals surface area contributed by atoms with E-state index in [1.807, 2.05) is 0 Å². The molecule has 2 unspecified atom stereocenters. The number of halogens is 5. The van der Waals surface area contributed by atoms with Gasteiger partial charge in [0.15, 0.2) is 5.60 Å². The number of hydrogen-bond donors (Lipinski definition) is 2. The van der Waals surface area contributed by atoms with E-state index in [4.69, 9.17) is 27.9 Å². The van der Waals surface area contributed by atoms with Crippen molar-refractivity contribution in [3.63, 3.8) is 0 Å². The van der Waals surface area contributed by atoms with Gasteiger partial charge in [-0.25, -0.2) is 4.98 Å². The highest BCUT2D eigenvalue weighted by Crippen LogP contribution is 2.49. The zero-order valence-corrected chi connectivity index (χ0v) is 22.0. The van der Waals surface area contributed by atoms with Gasteiger partial charge in [0, 0.05) is 29.2 Å². The van der Waals surface area contributed by atoms with E-state index in [1.54, 1.807) is 31.2 Å². The van der Waals surface area contributed by atoms with E-state index in [1.165, 1.54) is 25.1 Å². The predicted octanol–water partition coefficient (Wildman–Crippen LogP) is 5.98. The molecule has 3 rings (SSSR count). The molecule has 0 aliphatic heterocycles. The van der Waals surface area contributed by atoms with E-state index in [-0.39, 0.29) is 40.2 Å². The molecule has 0 radical (unpaired) electrons. The number of hydrogen-bond acceptors (Lipinski definition) is 5. The Bertz CT molecular complexity index is 1300. The first-order valence-corrected chi connectivity index (χ1v) is 12.3. The molecule has 0 bridgehead atoms. The van der Waals surface area contributed by atoms with Gasteiger partial charge in [-0.2, -0.15) is 13.2 Å². The second-order valence-electron chi connectivity index (χ2n) is 8.57. The van der Waals surface area contributed by atoms with Gasteiger partial charge < -0.3 is 15.2 Å². The molecule has 202 valence electrons. The van der Waals surface area contributed by atoms with Crippen LogP contribution >= 0.6 is 23.2 Å². The summed E-state index contributed by atoms with van der Waals surface area (Å²) in [4.78, 5) is 27.9. The monoisotopic (exact) mass is 568 g/mol. The minimum Gasteiger partial charge on any atom is -0.466 e. The lowest BCUT2D eigenvalue weighted by Crippen LogP contribution is -2.46. The molecule has 1 aromatic heterocycles. The molecule has 2 N–H and O–H groups in total. The van der Waals surface area contributed by atoms with Crippen LogP contribution in [0.2, 0.25) is 10.2 Å². The first kappa shape index (κ1) is 29.4. The largest absolute Gasteiger partial charge is 0.466 e. The number of amides is 1. The molecule has 1 amide bonds. The lowest BCUT2D eigenvalue weighted by Gasteiger charge is -2.37. The van der Waals surface area contributed by atoms with E-state index in [0.29, 0.717) is 6.61 Å². The van der Waals surface area contributed by atoms with Crippen LogP contribution in [0, 0.1) is 0 Å². The Morgan fingerprint density at radius 2 is 1.71 bits per heavy atom. The number of benzene rings is 2. The maximum Gasteiger partial charge on any atom is 0.422 e. The second kappa shape index (κ2) is 12.1. The minimum atomic E-state index is -5.07. The summed E-state index contributed by atoms with van der Waals surface area (Å²) >= 11 is 12.1. The molecule has 0 saturated carbocycles. The molecule has 11 heteroatoms. The molecule has 1 heterocycles. The zero-order chi connectivity index (χ0) is 28.1. The van der Waals surface area contributed by atoms with Gasteiger partial charge in [0.25, 0.3) is 5.91 Å². The van der Waals surface area contributed by atoms with Crippen LogP contribution in [0.1, 0.15) is 52.4 Å². The molecule has 0 aliphatic rings. The summed E-state index contributed by atoms with van der Waals surface area (Å²) in [7, 11) is 0. The number of nitrogens with zero attached hydrogens (tertiary/aromatic N) is 1. The van der Waals surface area contributed by atoms with Gasteiger partial charge in [-0.1, -0.05) is 60.5 Å². The number of alkyl halides is 3. The van der Waals surface area contributed by atoms with Crippen LogP contribution in [-0.2, 0) is 28.1 Å². The number of carbonyl (C=O) groups excluding carboxylic acids is 2. The van der Waals surface area contributed by atoms with Gasteiger partial charge in [-0.05, 0) is 53.4 Å². The van der Waals surface area contributed by atoms with E-state index in [2.05, 4.69) is 10.3 Å². The molecular formula is C27H25Cl2F3N2O4. The molecule has 3 aromatic rings. The third kappa shape index (κ3) is 6.64. The number of aromatic nitrogens is 1. The summed E-state index contributed by atoms with van der Waals surface area (Å²) in [6, 6.07) is 12.9. The first-order chi connectivity index (χ1) is 17.9. The molecule has 0 fully saturated rings. The van der Waals surface area contributed by atoms with Crippen molar-refractivity contribution in [3.8, 4) is 0 Å². The summed E-state index contributed by atoms with van der Waals surface area (Å²) in [6.45, 7) is 3.39. The third-order valence-corrected chi connectivity index (χ3v) is 6.62. The van der Waals surface area contributed by atoms with Crippen LogP contribution < -0.4 is 5.32 Å². The van der Waals surface area contributed by atoms with E-state index in [9.17, 15) is 27.9 Å². The fourth-order valence-electron chi connectivity index (χ4n) is 3.98. The van der Waals surface area contributed by atoms with Crippen molar-refractivity contribution in [1.29, 1.82) is 0 Å². The lowest BCUT2D eigenvalue weighted by molar-refractivity contribution is -0.274. The highest BCUT2D eigenvalue weighted by molar-refractivity contribution is 6.31. The molecular weight excluding hydrogens is 544 g/mol. The predicted molar refractivity (Wildman–Crippen MR) is 137 cm³/mol. The number of pyridine rings is 1. The molecule has 2 atom stereocenters. The average Bonchev–Trinajstić information content (AvgIpc) is 2.86. The molecule has 6 nitrogen and oxygen atoms in total. The maximum absolute atomic E-state index is 14.1. The molecule has 0 saturated heterocycles. The van der Waals surface area contributed by atoms with Crippen LogP contribution in [0.3, 0.4) is 0 Å². The van der Waals surface area contributed by atoms with Crippen LogP contribution in [0.4, 0.5) is 13.2 Å². The van der Waals surface area contributed by atoms with Crippen LogP contribution in [0.15, 0.2) is 60.8 Å². The third-order valence-electron chi connectivity index (χ3n) is 6.08. The molecule has 38 heavy (non-hydrogen) atoms. The van der Waals surface area contributed by atoms with Crippen molar-refractivity contribution in [3.05, 3.63) is 98.8 Å². The SMILES string of the molecule is CCOC(=O)Cc1ccc(CNC(=O)c2ccc(C(C)C(O)(c3ccnc(Cl)c3)C(F)(F)F)c(Cl)c2)cc1. The number of ether oxygens (including phenoxy) is 1.